The number of aliphatic hydroxyl groups excluding tert-OH is 1. The molecule has 2 heteroatoms. The molecule has 1 atom stereocenters. The van der Waals surface area contributed by atoms with Gasteiger partial charge >= 0.3 is 0 Å². The fourth-order valence-electron chi connectivity index (χ4n) is 2.58. The Labute approximate surface area is 123 Å². The maximum Gasteiger partial charge on any atom is 0.124 e. The first-order valence-corrected chi connectivity index (χ1v) is 8.13. The van der Waals surface area contributed by atoms with Gasteiger partial charge in [0.1, 0.15) is 5.75 Å². The van der Waals surface area contributed by atoms with Gasteiger partial charge in [-0.15, -0.1) is 0 Å². The van der Waals surface area contributed by atoms with Crippen molar-refractivity contribution in [2.24, 2.45) is 0 Å². The second-order valence-electron chi connectivity index (χ2n) is 5.79. The predicted molar refractivity (Wildman–Crippen MR) is 85.0 cm³/mol. The standard InChI is InChI=1S/C18H30O2/c1-3-4-5-6-7-8-9-10-14-17(19)16-13-11-12-15(2)18(16)20/h11-13,17,19-20H,3-10,14H2,1-2H3/t17-/m0/s1. The molecule has 2 nitrogen and oxygen atoms in total. The van der Waals surface area contributed by atoms with E-state index in [1.165, 1.54) is 44.9 Å². The largest absolute Gasteiger partial charge is 0.507 e. The summed E-state index contributed by atoms with van der Waals surface area (Å²) in [5, 5.41) is 20.1. The van der Waals surface area contributed by atoms with E-state index in [-0.39, 0.29) is 5.75 Å². The SMILES string of the molecule is CCCCCCCCCC[C@H](O)c1cccc(C)c1O. The minimum atomic E-state index is -0.532. The molecular weight excluding hydrogens is 248 g/mol. The minimum absolute atomic E-state index is 0.250. The van der Waals surface area contributed by atoms with E-state index >= 15 is 0 Å². The number of para-hydroxylation sites is 1. The van der Waals surface area contributed by atoms with Crippen LogP contribution in [0, 0.1) is 6.92 Å². The van der Waals surface area contributed by atoms with Crippen molar-refractivity contribution in [3.63, 3.8) is 0 Å². The molecule has 1 rings (SSSR count). The number of hydrogen-bond donors (Lipinski definition) is 2. The molecule has 114 valence electrons. The topological polar surface area (TPSA) is 40.5 Å². The summed E-state index contributed by atoms with van der Waals surface area (Å²) in [6.45, 7) is 4.10. The summed E-state index contributed by atoms with van der Waals surface area (Å²) in [4.78, 5) is 0. The molecule has 1 aromatic rings. The zero-order valence-corrected chi connectivity index (χ0v) is 13.1. The van der Waals surface area contributed by atoms with Gasteiger partial charge in [0, 0.05) is 5.56 Å². The van der Waals surface area contributed by atoms with Crippen LogP contribution in [0.2, 0.25) is 0 Å². The molecule has 0 spiro atoms. The summed E-state index contributed by atoms with van der Waals surface area (Å²) in [6, 6.07) is 5.57. The van der Waals surface area contributed by atoms with Crippen LogP contribution in [0.3, 0.4) is 0 Å². The highest BCUT2D eigenvalue weighted by molar-refractivity contribution is 5.40. The van der Waals surface area contributed by atoms with E-state index in [1.54, 1.807) is 0 Å². The van der Waals surface area contributed by atoms with Crippen LogP contribution in [0.25, 0.3) is 0 Å². The summed E-state index contributed by atoms with van der Waals surface area (Å²) >= 11 is 0. The first-order chi connectivity index (χ1) is 9.66. The molecule has 0 amide bonds. The van der Waals surface area contributed by atoms with Crippen LogP contribution in [0.5, 0.6) is 5.75 Å². The van der Waals surface area contributed by atoms with E-state index in [4.69, 9.17) is 0 Å². The van der Waals surface area contributed by atoms with Crippen molar-refractivity contribution in [2.75, 3.05) is 0 Å². The Morgan fingerprint density at radius 2 is 1.55 bits per heavy atom. The summed E-state index contributed by atoms with van der Waals surface area (Å²) < 4.78 is 0. The Balaban J connectivity index is 2.17. The van der Waals surface area contributed by atoms with Gasteiger partial charge in [-0.05, 0) is 18.9 Å². The van der Waals surface area contributed by atoms with Gasteiger partial charge in [-0.3, -0.25) is 0 Å². The fourth-order valence-corrected chi connectivity index (χ4v) is 2.58. The highest BCUT2D eigenvalue weighted by Gasteiger charge is 2.12. The van der Waals surface area contributed by atoms with Gasteiger partial charge < -0.3 is 10.2 Å². The quantitative estimate of drug-likeness (QED) is 0.573. The molecular formula is C18H30O2. The van der Waals surface area contributed by atoms with E-state index in [2.05, 4.69) is 6.92 Å². The van der Waals surface area contributed by atoms with Crippen molar-refractivity contribution in [3.8, 4) is 5.75 Å². The van der Waals surface area contributed by atoms with Crippen LogP contribution >= 0.6 is 0 Å². The van der Waals surface area contributed by atoms with Crippen LogP contribution in [-0.2, 0) is 0 Å². The van der Waals surface area contributed by atoms with E-state index in [0.717, 1.165) is 18.4 Å². The Hall–Kier alpha value is -1.02. The third kappa shape index (κ3) is 5.96. The average Bonchev–Trinajstić information content (AvgIpc) is 2.44. The third-order valence-corrected chi connectivity index (χ3v) is 3.96. The fraction of sp³-hybridized carbons (Fsp3) is 0.667. The molecule has 0 aliphatic rings. The molecule has 20 heavy (non-hydrogen) atoms. The Morgan fingerprint density at radius 3 is 2.20 bits per heavy atom. The van der Waals surface area contributed by atoms with Gasteiger partial charge in [0.15, 0.2) is 0 Å². The second kappa shape index (κ2) is 9.82. The second-order valence-corrected chi connectivity index (χ2v) is 5.79. The van der Waals surface area contributed by atoms with Crippen LogP contribution in [0.4, 0.5) is 0 Å². The lowest BCUT2D eigenvalue weighted by Gasteiger charge is -2.13. The van der Waals surface area contributed by atoms with Crippen molar-refractivity contribution < 1.29 is 10.2 Å². The third-order valence-electron chi connectivity index (χ3n) is 3.96. The Morgan fingerprint density at radius 1 is 0.950 bits per heavy atom. The summed E-state index contributed by atoms with van der Waals surface area (Å²) in [6.07, 6.45) is 10.3. The van der Waals surface area contributed by atoms with Gasteiger partial charge in [0.05, 0.1) is 6.10 Å². The molecule has 1 aromatic carbocycles. The number of phenolic OH excluding ortho intramolecular Hbond substituents is 1. The zero-order chi connectivity index (χ0) is 14.8. The zero-order valence-electron chi connectivity index (χ0n) is 13.1. The number of aryl methyl sites for hydroxylation is 1. The number of phenols is 1. The smallest absolute Gasteiger partial charge is 0.124 e. The van der Waals surface area contributed by atoms with Crippen molar-refractivity contribution in [1.82, 2.24) is 0 Å². The monoisotopic (exact) mass is 278 g/mol. The number of benzene rings is 1. The van der Waals surface area contributed by atoms with Gasteiger partial charge in [0.25, 0.3) is 0 Å². The summed E-state index contributed by atoms with van der Waals surface area (Å²) in [7, 11) is 0. The molecule has 0 unspecified atom stereocenters. The van der Waals surface area contributed by atoms with Crippen LogP contribution in [0.15, 0.2) is 18.2 Å². The first-order valence-electron chi connectivity index (χ1n) is 8.13. The molecule has 0 aliphatic heterocycles. The molecule has 0 saturated carbocycles. The lowest BCUT2D eigenvalue weighted by molar-refractivity contribution is 0.159. The Kier molecular flexibility index (Phi) is 8.36. The van der Waals surface area contributed by atoms with Crippen molar-refractivity contribution in [3.05, 3.63) is 29.3 Å². The average molecular weight is 278 g/mol. The van der Waals surface area contributed by atoms with Crippen molar-refractivity contribution in [2.45, 2.75) is 77.7 Å². The lowest BCUT2D eigenvalue weighted by Crippen LogP contribution is -1.98. The van der Waals surface area contributed by atoms with E-state index in [1.807, 2.05) is 25.1 Å². The van der Waals surface area contributed by atoms with Gasteiger partial charge in [-0.2, -0.15) is 0 Å². The van der Waals surface area contributed by atoms with Gasteiger partial charge in [-0.25, -0.2) is 0 Å². The number of unbranched alkanes of at least 4 members (excludes halogenated alkanes) is 7. The normalized spacial score (nSPS) is 12.6. The molecule has 2 N–H and O–H groups in total. The van der Waals surface area contributed by atoms with Crippen molar-refractivity contribution in [1.29, 1.82) is 0 Å². The van der Waals surface area contributed by atoms with E-state index in [0.29, 0.717) is 5.56 Å². The van der Waals surface area contributed by atoms with Crippen LogP contribution < -0.4 is 0 Å². The van der Waals surface area contributed by atoms with Gasteiger partial charge in [-0.1, -0.05) is 76.5 Å². The first kappa shape index (κ1) is 17.0. The number of aromatic hydroxyl groups is 1. The van der Waals surface area contributed by atoms with Crippen molar-refractivity contribution >= 4 is 0 Å². The highest BCUT2D eigenvalue weighted by atomic mass is 16.3. The maximum atomic E-state index is 10.1. The molecule has 0 aromatic heterocycles. The maximum absolute atomic E-state index is 10.1. The molecule has 0 bridgehead atoms. The summed E-state index contributed by atoms with van der Waals surface area (Å²) in [5.74, 6) is 0.250. The Bertz CT molecular complexity index is 374. The van der Waals surface area contributed by atoms with E-state index in [9.17, 15) is 10.2 Å². The summed E-state index contributed by atoms with van der Waals surface area (Å²) in [5.41, 5.74) is 1.51. The predicted octanol–water partition coefficient (Wildman–Crippen LogP) is 5.26. The lowest BCUT2D eigenvalue weighted by atomic mass is 9.99. The molecule has 0 fully saturated rings. The molecule has 0 radical (unpaired) electrons. The number of rotatable bonds is 10. The highest BCUT2D eigenvalue weighted by Crippen LogP contribution is 2.30. The number of hydrogen-bond acceptors (Lipinski definition) is 2. The van der Waals surface area contributed by atoms with E-state index < -0.39 is 6.10 Å². The molecule has 0 aliphatic carbocycles. The molecule has 0 heterocycles. The number of aliphatic hydroxyl groups is 1. The molecule has 0 saturated heterocycles. The minimum Gasteiger partial charge on any atom is -0.507 e. The van der Waals surface area contributed by atoms with Gasteiger partial charge in [0.2, 0.25) is 0 Å². The van der Waals surface area contributed by atoms with Crippen LogP contribution in [-0.4, -0.2) is 10.2 Å². The van der Waals surface area contributed by atoms with Crippen LogP contribution in [0.1, 0.15) is 81.9 Å².